The van der Waals surface area contributed by atoms with E-state index in [0.717, 1.165) is 10.9 Å². The molecule has 0 radical (unpaired) electrons. The molecular weight excluding hydrogens is 458 g/mol. The van der Waals surface area contributed by atoms with Crippen LogP contribution in [0.5, 0.6) is 0 Å². The van der Waals surface area contributed by atoms with Crippen LogP contribution in [0.4, 0.5) is 0 Å². The maximum atomic E-state index is 12.8. The molecule has 0 aliphatic carbocycles. The van der Waals surface area contributed by atoms with Crippen LogP contribution in [-0.2, 0) is 44.5 Å². The molecule has 1 saturated heterocycles. The second kappa shape index (κ2) is 9.03. The highest BCUT2D eigenvalue weighted by Crippen LogP contribution is 2.39. The Hall–Kier alpha value is -3.11. The van der Waals surface area contributed by atoms with E-state index in [-0.39, 0.29) is 18.9 Å². The van der Waals surface area contributed by atoms with Crippen molar-refractivity contribution in [3.05, 3.63) is 34.5 Å². The van der Waals surface area contributed by atoms with E-state index in [4.69, 9.17) is 35.3 Å². The molecule has 1 aromatic carbocycles. The van der Waals surface area contributed by atoms with Gasteiger partial charge in [-0.05, 0) is 23.8 Å². The summed E-state index contributed by atoms with van der Waals surface area (Å²) in [6.07, 6.45) is -4.04. The fourth-order valence-electron chi connectivity index (χ4n) is 4.35. The molecule has 2 aromatic rings. The first-order valence-electron chi connectivity index (χ1n) is 10.3. The Balaban J connectivity index is 1.89. The molecule has 1 aromatic heterocycles. The molecule has 4 atom stereocenters. The number of nitrogens with zero attached hydrogens (tertiary/aromatic N) is 1. The second-order valence-corrected chi connectivity index (χ2v) is 8.20. The maximum absolute atomic E-state index is 12.8. The molecule has 4 rings (SSSR count). The van der Waals surface area contributed by atoms with Crippen molar-refractivity contribution in [3.8, 4) is 0 Å². The van der Waals surface area contributed by atoms with Crippen molar-refractivity contribution in [2.75, 3.05) is 13.2 Å². The molecule has 0 bridgehead atoms. The van der Waals surface area contributed by atoms with Gasteiger partial charge >= 0.3 is 23.9 Å². The van der Waals surface area contributed by atoms with E-state index in [0.29, 0.717) is 17.0 Å². The highest BCUT2D eigenvalue weighted by molar-refractivity contribution is 6.31. The van der Waals surface area contributed by atoms with E-state index in [2.05, 4.69) is 0 Å². The average molecular weight is 480 g/mol. The standard InChI is InChI=1S/C22H22ClNO9/c1-10(25)31-17-9-30-21(20(33-12(3)27)19(17)32-11(2)26)24-16-5-4-13(23)8-15(16)14-6-7-29-22(28)18(14)24/h4-5,8,17,19-21H,6-7,9H2,1-3H3/t17-,19-,20+,21+/m0/s1. The number of esters is 4. The number of carbonyl (C=O) groups is 4. The number of halogens is 1. The molecule has 33 heavy (non-hydrogen) atoms. The van der Waals surface area contributed by atoms with Gasteiger partial charge in [-0.2, -0.15) is 0 Å². The van der Waals surface area contributed by atoms with Gasteiger partial charge in [-0.1, -0.05) is 11.6 Å². The SMILES string of the molecule is CC(=O)O[C@@H]1[C@@H](OC(C)=O)[C@H](n2c3c(c4cc(Cl)ccc42)CCOC3=O)OC[C@@H]1OC(C)=O. The van der Waals surface area contributed by atoms with Crippen LogP contribution in [-0.4, -0.2) is 60.0 Å². The number of benzene rings is 1. The monoisotopic (exact) mass is 479 g/mol. The van der Waals surface area contributed by atoms with Gasteiger partial charge in [0.1, 0.15) is 5.69 Å². The van der Waals surface area contributed by atoms with Gasteiger partial charge in [0, 0.05) is 37.6 Å². The minimum Gasteiger partial charge on any atom is -0.461 e. The molecule has 0 N–H and O–H groups in total. The van der Waals surface area contributed by atoms with Gasteiger partial charge < -0.3 is 28.3 Å². The van der Waals surface area contributed by atoms with Gasteiger partial charge in [0.15, 0.2) is 24.5 Å². The number of fused-ring (bicyclic) bond motifs is 3. The number of hydrogen-bond acceptors (Lipinski definition) is 9. The summed E-state index contributed by atoms with van der Waals surface area (Å²) in [5, 5.41) is 1.21. The lowest BCUT2D eigenvalue weighted by atomic mass is 10.0. The van der Waals surface area contributed by atoms with Crippen molar-refractivity contribution in [1.29, 1.82) is 0 Å². The van der Waals surface area contributed by atoms with E-state index in [1.165, 1.54) is 20.8 Å². The maximum Gasteiger partial charge on any atom is 0.355 e. The second-order valence-electron chi connectivity index (χ2n) is 7.76. The summed E-state index contributed by atoms with van der Waals surface area (Å²) in [6.45, 7) is 3.62. The van der Waals surface area contributed by atoms with Crippen LogP contribution >= 0.6 is 11.6 Å². The molecule has 0 spiro atoms. The van der Waals surface area contributed by atoms with Crippen molar-refractivity contribution >= 4 is 46.4 Å². The Morgan fingerprint density at radius 3 is 2.36 bits per heavy atom. The third-order valence-corrected chi connectivity index (χ3v) is 5.66. The van der Waals surface area contributed by atoms with Gasteiger partial charge in [0.05, 0.1) is 18.7 Å². The molecule has 0 amide bonds. The summed E-state index contributed by atoms with van der Waals surface area (Å²) in [5.74, 6) is -2.53. The first-order valence-corrected chi connectivity index (χ1v) is 10.7. The lowest BCUT2D eigenvalue weighted by Crippen LogP contribution is -2.55. The number of rotatable bonds is 4. The first-order chi connectivity index (χ1) is 15.7. The number of carbonyl (C=O) groups excluding carboxylic acids is 4. The number of aromatic nitrogens is 1. The number of ether oxygens (including phenoxy) is 5. The van der Waals surface area contributed by atoms with Gasteiger partial charge in [-0.3, -0.25) is 14.4 Å². The number of cyclic esters (lactones) is 1. The molecular formula is C22H22ClNO9. The predicted octanol–water partition coefficient (Wildman–Crippen LogP) is 2.33. The van der Waals surface area contributed by atoms with Crippen molar-refractivity contribution in [2.24, 2.45) is 0 Å². The minimum atomic E-state index is -1.23. The quantitative estimate of drug-likeness (QED) is 0.480. The van der Waals surface area contributed by atoms with E-state index in [1.807, 2.05) is 0 Å². The third-order valence-electron chi connectivity index (χ3n) is 5.43. The van der Waals surface area contributed by atoms with Crippen LogP contribution in [0.3, 0.4) is 0 Å². The molecule has 2 aliphatic heterocycles. The van der Waals surface area contributed by atoms with Crippen LogP contribution in [0.15, 0.2) is 18.2 Å². The Morgan fingerprint density at radius 1 is 1.03 bits per heavy atom. The van der Waals surface area contributed by atoms with Crippen LogP contribution in [0.1, 0.15) is 43.1 Å². The van der Waals surface area contributed by atoms with E-state index < -0.39 is 48.4 Å². The zero-order valence-electron chi connectivity index (χ0n) is 18.2. The summed E-state index contributed by atoms with van der Waals surface area (Å²) in [7, 11) is 0. The predicted molar refractivity (Wildman–Crippen MR) is 113 cm³/mol. The Bertz CT molecular complexity index is 1140. The third kappa shape index (κ3) is 4.40. The van der Waals surface area contributed by atoms with Crippen LogP contribution in [0.25, 0.3) is 10.9 Å². The molecule has 3 heterocycles. The van der Waals surface area contributed by atoms with Crippen LogP contribution < -0.4 is 0 Å². The summed E-state index contributed by atoms with van der Waals surface area (Å²) in [4.78, 5) is 48.3. The molecule has 176 valence electrons. The van der Waals surface area contributed by atoms with E-state index in [9.17, 15) is 19.2 Å². The van der Waals surface area contributed by atoms with E-state index in [1.54, 1.807) is 22.8 Å². The van der Waals surface area contributed by atoms with Crippen LogP contribution in [0.2, 0.25) is 5.02 Å². The fourth-order valence-corrected chi connectivity index (χ4v) is 4.52. The fraction of sp³-hybridized carbons (Fsp3) is 0.455. The van der Waals surface area contributed by atoms with Crippen molar-refractivity contribution in [1.82, 2.24) is 4.57 Å². The highest BCUT2D eigenvalue weighted by Gasteiger charge is 2.49. The van der Waals surface area contributed by atoms with Gasteiger partial charge in [-0.15, -0.1) is 0 Å². The Kier molecular flexibility index (Phi) is 6.31. The van der Waals surface area contributed by atoms with Crippen LogP contribution in [0, 0.1) is 0 Å². The Morgan fingerprint density at radius 2 is 1.70 bits per heavy atom. The molecule has 11 heteroatoms. The molecule has 0 saturated carbocycles. The normalized spacial score (nSPS) is 24.5. The topological polar surface area (TPSA) is 119 Å². The smallest absolute Gasteiger partial charge is 0.355 e. The average Bonchev–Trinajstić information content (AvgIpc) is 3.04. The van der Waals surface area contributed by atoms with Gasteiger partial charge in [0.25, 0.3) is 0 Å². The summed E-state index contributed by atoms with van der Waals surface area (Å²) in [5.41, 5.74) is 1.55. The molecule has 10 nitrogen and oxygen atoms in total. The molecule has 0 unspecified atom stereocenters. The Labute approximate surface area is 193 Å². The summed E-state index contributed by atoms with van der Waals surface area (Å²) in [6, 6.07) is 5.11. The van der Waals surface area contributed by atoms with Crippen molar-refractivity contribution in [2.45, 2.75) is 51.7 Å². The highest BCUT2D eigenvalue weighted by atomic mass is 35.5. The first kappa shape index (κ1) is 23.1. The minimum absolute atomic E-state index is 0.170. The summed E-state index contributed by atoms with van der Waals surface area (Å²) >= 11 is 6.21. The lowest BCUT2D eigenvalue weighted by molar-refractivity contribution is -0.239. The van der Waals surface area contributed by atoms with Gasteiger partial charge in [0.2, 0.25) is 0 Å². The summed E-state index contributed by atoms with van der Waals surface area (Å²) < 4.78 is 29.0. The van der Waals surface area contributed by atoms with E-state index >= 15 is 0 Å². The van der Waals surface area contributed by atoms with Crippen molar-refractivity contribution in [3.63, 3.8) is 0 Å². The largest absolute Gasteiger partial charge is 0.461 e. The number of hydrogen-bond donors (Lipinski definition) is 0. The lowest BCUT2D eigenvalue weighted by Gasteiger charge is -2.41. The molecule has 1 fully saturated rings. The van der Waals surface area contributed by atoms with Crippen molar-refractivity contribution < 1.29 is 42.9 Å². The van der Waals surface area contributed by atoms with Gasteiger partial charge in [-0.25, -0.2) is 4.79 Å². The zero-order chi connectivity index (χ0) is 23.9. The molecule has 2 aliphatic rings. The zero-order valence-corrected chi connectivity index (χ0v) is 18.9.